The van der Waals surface area contributed by atoms with Gasteiger partial charge in [-0.15, -0.1) is 0 Å². The van der Waals surface area contributed by atoms with Crippen LogP contribution in [-0.2, 0) is 0 Å². The Hall–Kier alpha value is -1.91. The van der Waals surface area contributed by atoms with Gasteiger partial charge in [0.15, 0.2) is 0 Å². The molecule has 96 valence electrons. The summed E-state index contributed by atoms with van der Waals surface area (Å²) in [5.41, 5.74) is 4.45. The number of anilines is 1. The third kappa shape index (κ3) is 3.06. The van der Waals surface area contributed by atoms with E-state index in [1.807, 2.05) is 0 Å². The fourth-order valence-corrected chi connectivity index (χ4v) is 2.23. The molecule has 0 aliphatic heterocycles. The number of nitrogens with zero attached hydrogens (tertiary/aromatic N) is 2. The maximum atomic E-state index is 10.8. The van der Waals surface area contributed by atoms with E-state index in [2.05, 4.69) is 17.5 Å². The van der Waals surface area contributed by atoms with Crippen LogP contribution < -0.4 is 5.43 Å². The molecule has 1 aliphatic carbocycles. The Kier molecular flexibility index (Phi) is 3.92. The van der Waals surface area contributed by atoms with E-state index in [0.717, 1.165) is 25.0 Å². The van der Waals surface area contributed by atoms with Crippen LogP contribution in [0, 0.1) is 16.0 Å². The van der Waals surface area contributed by atoms with E-state index in [1.165, 1.54) is 12.5 Å². The zero-order valence-corrected chi connectivity index (χ0v) is 10.4. The van der Waals surface area contributed by atoms with Crippen LogP contribution in [0.4, 0.5) is 11.4 Å². The van der Waals surface area contributed by atoms with E-state index < -0.39 is 4.92 Å². The van der Waals surface area contributed by atoms with Crippen molar-refractivity contribution in [1.29, 1.82) is 0 Å². The maximum absolute atomic E-state index is 10.8. The van der Waals surface area contributed by atoms with Crippen LogP contribution in [0.1, 0.15) is 32.6 Å². The highest BCUT2D eigenvalue weighted by Gasteiger charge is 2.15. The smallest absolute Gasteiger partial charge is 0.272 e. The third-order valence-electron chi connectivity index (χ3n) is 3.18. The van der Waals surface area contributed by atoms with Crippen LogP contribution in [0.5, 0.6) is 0 Å². The van der Waals surface area contributed by atoms with Gasteiger partial charge in [0, 0.05) is 11.8 Å². The fourth-order valence-electron chi connectivity index (χ4n) is 2.23. The Labute approximate surface area is 106 Å². The highest BCUT2D eigenvalue weighted by molar-refractivity contribution is 5.86. The first-order valence-electron chi connectivity index (χ1n) is 6.21. The van der Waals surface area contributed by atoms with Crippen molar-refractivity contribution in [2.45, 2.75) is 32.6 Å². The van der Waals surface area contributed by atoms with Crippen molar-refractivity contribution in [3.05, 3.63) is 34.4 Å². The number of nitro groups is 1. The quantitative estimate of drug-likeness (QED) is 0.655. The Bertz CT molecular complexity index is 471. The van der Waals surface area contributed by atoms with Gasteiger partial charge in [-0.05, 0) is 37.7 Å². The average molecular weight is 247 g/mol. The van der Waals surface area contributed by atoms with Gasteiger partial charge in [0.05, 0.1) is 4.92 Å². The molecule has 1 aromatic carbocycles. The van der Waals surface area contributed by atoms with Crippen LogP contribution in [0.3, 0.4) is 0 Å². The molecule has 1 aromatic rings. The summed E-state index contributed by atoms with van der Waals surface area (Å²) < 4.78 is 0. The molecule has 0 aromatic heterocycles. The molecule has 0 saturated heterocycles. The van der Waals surface area contributed by atoms with Crippen molar-refractivity contribution in [3.8, 4) is 0 Å². The second kappa shape index (κ2) is 5.62. The summed E-state index contributed by atoms with van der Waals surface area (Å²) in [4.78, 5) is 10.4. The number of para-hydroxylation sites is 2. The Morgan fingerprint density at radius 2 is 2.22 bits per heavy atom. The molecule has 0 amide bonds. The fraction of sp³-hybridized carbons (Fsp3) is 0.462. The normalized spacial score (nSPS) is 21.8. The lowest BCUT2D eigenvalue weighted by Crippen LogP contribution is -2.14. The Morgan fingerprint density at radius 1 is 1.44 bits per heavy atom. The highest BCUT2D eigenvalue weighted by atomic mass is 16.6. The van der Waals surface area contributed by atoms with E-state index >= 15 is 0 Å². The molecule has 18 heavy (non-hydrogen) atoms. The molecule has 1 saturated carbocycles. The van der Waals surface area contributed by atoms with Gasteiger partial charge >= 0.3 is 0 Å². The summed E-state index contributed by atoms with van der Waals surface area (Å²) in [6.45, 7) is 2.21. The minimum absolute atomic E-state index is 0.0608. The highest BCUT2D eigenvalue weighted by Crippen LogP contribution is 2.25. The van der Waals surface area contributed by atoms with Crippen molar-refractivity contribution >= 4 is 17.1 Å². The molecule has 5 nitrogen and oxygen atoms in total. The standard InChI is InChI=1S/C13H17N3O2/c1-10-5-4-6-11(9-10)14-15-12-7-2-3-8-13(12)16(17)18/h2-3,7-8,10,15H,4-6,9H2,1H3/b14-11-/t10-/m1/s1. The number of nitrogens with one attached hydrogen (secondary N) is 1. The monoisotopic (exact) mass is 247 g/mol. The molecule has 0 spiro atoms. The lowest BCUT2D eigenvalue weighted by atomic mass is 9.89. The molecule has 5 heteroatoms. The molecule has 2 rings (SSSR count). The maximum Gasteiger partial charge on any atom is 0.294 e. The van der Waals surface area contributed by atoms with Gasteiger partial charge in [-0.25, -0.2) is 0 Å². The number of hydrazone groups is 1. The number of rotatable bonds is 3. The molecule has 0 bridgehead atoms. The van der Waals surface area contributed by atoms with Crippen LogP contribution in [0.2, 0.25) is 0 Å². The summed E-state index contributed by atoms with van der Waals surface area (Å²) in [6.07, 6.45) is 4.36. The molecule has 1 fully saturated rings. The van der Waals surface area contributed by atoms with E-state index in [-0.39, 0.29) is 5.69 Å². The molecule has 1 aliphatic rings. The molecular formula is C13H17N3O2. The van der Waals surface area contributed by atoms with Crippen molar-refractivity contribution in [2.24, 2.45) is 11.0 Å². The zero-order chi connectivity index (χ0) is 13.0. The summed E-state index contributed by atoms with van der Waals surface area (Å²) in [7, 11) is 0. The van der Waals surface area contributed by atoms with E-state index in [1.54, 1.807) is 18.2 Å². The minimum Gasteiger partial charge on any atom is -0.272 e. The van der Waals surface area contributed by atoms with Gasteiger partial charge in [-0.3, -0.25) is 15.5 Å². The van der Waals surface area contributed by atoms with E-state index in [9.17, 15) is 10.1 Å². The summed E-state index contributed by atoms with van der Waals surface area (Å²) in [6, 6.07) is 6.57. The SMILES string of the molecule is C[C@@H]1CCC/C(=N/Nc2ccccc2[N+](=O)[O-])C1. The van der Waals surface area contributed by atoms with E-state index in [4.69, 9.17) is 0 Å². The van der Waals surface area contributed by atoms with Gasteiger partial charge in [0.25, 0.3) is 5.69 Å². The number of nitro benzene ring substituents is 1. The van der Waals surface area contributed by atoms with Crippen LogP contribution >= 0.6 is 0 Å². The predicted molar refractivity (Wildman–Crippen MR) is 71.8 cm³/mol. The predicted octanol–water partition coefficient (Wildman–Crippen LogP) is 3.57. The second-order valence-electron chi connectivity index (χ2n) is 4.77. The molecule has 0 radical (unpaired) electrons. The third-order valence-corrected chi connectivity index (χ3v) is 3.18. The van der Waals surface area contributed by atoms with Crippen LogP contribution in [-0.4, -0.2) is 10.6 Å². The summed E-state index contributed by atoms with van der Waals surface area (Å²) >= 11 is 0. The first-order valence-corrected chi connectivity index (χ1v) is 6.21. The molecule has 1 atom stereocenters. The van der Waals surface area contributed by atoms with Crippen LogP contribution in [0.15, 0.2) is 29.4 Å². The summed E-state index contributed by atoms with van der Waals surface area (Å²) in [5, 5.41) is 15.2. The van der Waals surface area contributed by atoms with Crippen molar-refractivity contribution < 1.29 is 4.92 Å². The summed E-state index contributed by atoms with van der Waals surface area (Å²) in [5.74, 6) is 0.657. The molecule has 1 N–H and O–H groups in total. The van der Waals surface area contributed by atoms with Gasteiger partial charge in [0.1, 0.15) is 5.69 Å². The topological polar surface area (TPSA) is 67.5 Å². The molecule has 0 unspecified atom stereocenters. The van der Waals surface area contributed by atoms with Crippen molar-refractivity contribution in [3.63, 3.8) is 0 Å². The van der Waals surface area contributed by atoms with Crippen LogP contribution in [0.25, 0.3) is 0 Å². The Balaban J connectivity index is 2.10. The van der Waals surface area contributed by atoms with Crippen molar-refractivity contribution in [2.75, 3.05) is 5.43 Å². The average Bonchev–Trinajstić information content (AvgIpc) is 2.37. The first-order chi connectivity index (χ1) is 8.66. The number of hydrogen-bond acceptors (Lipinski definition) is 4. The lowest BCUT2D eigenvalue weighted by Gasteiger charge is -2.19. The molecule has 0 heterocycles. The Morgan fingerprint density at radius 3 is 2.94 bits per heavy atom. The van der Waals surface area contributed by atoms with Gasteiger partial charge in [-0.2, -0.15) is 5.10 Å². The lowest BCUT2D eigenvalue weighted by molar-refractivity contribution is -0.384. The minimum atomic E-state index is -0.397. The van der Waals surface area contributed by atoms with Gasteiger partial charge < -0.3 is 0 Å². The van der Waals surface area contributed by atoms with E-state index in [0.29, 0.717) is 11.6 Å². The zero-order valence-electron chi connectivity index (χ0n) is 10.4. The second-order valence-corrected chi connectivity index (χ2v) is 4.77. The first kappa shape index (κ1) is 12.5. The largest absolute Gasteiger partial charge is 0.294 e. The van der Waals surface area contributed by atoms with Gasteiger partial charge in [-0.1, -0.05) is 19.1 Å². The number of hydrogen-bond donors (Lipinski definition) is 1. The molecular weight excluding hydrogens is 230 g/mol. The number of benzene rings is 1. The van der Waals surface area contributed by atoms with Crippen molar-refractivity contribution in [1.82, 2.24) is 0 Å². The van der Waals surface area contributed by atoms with Gasteiger partial charge in [0.2, 0.25) is 0 Å².